The van der Waals surface area contributed by atoms with Crippen molar-refractivity contribution in [1.29, 1.82) is 0 Å². The Morgan fingerprint density at radius 1 is 1.35 bits per heavy atom. The van der Waals surface area contributed by atoms with Gasteiger partial charge in [-0.15, -0.1) is 11.6 Å². The van der Waals surface area contributed by atoms with Crippen LogP contribution in [0.15, 0.2) is 24.3 Å². The number of amides is 1. The number of anilines is 1. The molecule has 17 heavy (non-hydrogen) atoms. The van der Waals surface area contributed by atoms with E-state index < -0.39 is 6.10 Å². The number of para-hydroxylation sites is 2. The molecular weight excluding hydrogens is 238 g/mol. The van der Waals surface area contributed by atoms with Gasteiger partial charge in [-0.3, -0.25) is 4.79 Å². The summed E-state index contributed by atoms with van der Waals surface area (Å²) in [4.78, 5) is 13.9. The summed E-state index contributed by atoms with van der Waals surface area (Å²) in [6.45, 7) is 2.49. The van der Waals surface area contributed by atoms with E-state index >= 15 is 0 Å². The van der Waals surface area contributed by atoms with Crippen molar-refractivity contribution in [2.45, 2.75) is 25.9 Å². The normalized spacial score (nSPS) is 18.8. The number of rotatable bonds is 4. The van der Waals surface area contributed by atoms with E-state index in [1.165, 1.54) is 0 Å². The molecule has 0 radical (unpaired) electrons. The van der Waals surface area contributed by atoms with Gasteiger partial charge in [0.15, 0.2) is 6.10 Å². The molecule has 1 atom stereocenters. The van der Waals surface area contributed by atoms with Gasteiger partial charge in [-0.2, -0.15) is 0 Å². The van der Waals surface area contributed by atoms with Crippen LogP contribution in [0, 0.1) is 0 Å². The molecule has 0 fully saturated rings. The summed E-state index contributed by atoms with van der Waals surface area (Å²) in [5.41, 5.74) is 0.866. The van der Waals surface area contributed by atoms with Gasteiger partial charge in [-0.1, -0.05) is 12.1 Å². The first-order chi connectivity index (χ1) is 8.24. The minimum atomic E-state index is -0.402. The maximum atomic E-state index is 12.1. The largest absolute Gasteiger partial charge is 0.479 e. The predicted molar refractivity (Wildman–Crippen MR) is 68.8 cm³/mol. The lowest BCUT2D eigenvalue weighted by Gasteiger charge is -2.32. The minimum absolute atomic E-state index is 0.0262. The molecule has 1 aliphatic heterocycles. The Morgan fingerprint density at radius 3 is 2.88 bits per heavy atom. The fourth-order valence-electron chi connectivity index (χ4n) is 1.95. The third kappa shape index (κ3) is 2.55. The molecule has 1 aliphatic rings. The van der Waals surface area contributed by atoms with Crippen LogP contribution in [0.25, 0.3) is 0 Å². The van der Waals surface area contributed by atoms with Gasteiger partial charge in [-0.25, -0.2) is 0 Å². The monoisotopic (exact) mass is 253 g/mol. The lowest BCUT2D eigenvalue weighted by molar-refractivity contribution is -0.125. The zero-order valence-corrected chi connectivity index (χ0v) is 10.6. The zero-order valence-electron chi connectivity index (χ0n) is 9.86. The van der Waals surface area contributed by atoms with Gasteiger partial charge in [0.2, 0.25) is 0 Å². The van der Waals surface area contributed by atoms with Crippen LogP contribution in [-0.4, -0.2) is 24.4 Å². The second-order valence-corrected chi connectivity index (χ2v) is 4.49. The number of carbonyl (C=O) groups is 1. The zero-order chi connectivity index (χ0) is 12.3. The fourth-order valence-corrected chi connectivity index (χ4v) is 2.14. The van der Waals surface area contributed by atoms with Crippen LogP contribution in [0.2, 0.25) is 0 Å². The SMILES string of the molecule is C[C@H]1Oc2ccccc2N(CCCCCl)C1=O. The van der Waals surface area contributed by atoms with Gasteiger partial charge in [0.05, 0.1) is 5.69 Å². The molecule has 1 aromatic carbocycles. The molecule has 1 amide bonds. The topological polar surface area (TPSA) is 29.5 Å². The van der Waals surface area contributed by atoms with Crippen LogP contribution in [0.1, 0.15) is 19.8 Å². The highest BCUT2D eigenvalue weighted by molar-refractivity contribution is 6.17. The standard InChI is InChI=1S/C13H16ClNO2/c1-10-13(16)15(9-5-4-8-14)11-6-2-3-7-12(11)17-10/h2-3,6-7,10H,4-5,8-9H2,1H3/t10-/m1/s1. The summed E-state index contributed by atoms with van der Waals surface area (Å²) in [5, 5.41) is 0. The van der Waals surface area contributed by atoms with Gasteiger partial charge in [0.1, 0.15) is 5.75 Å². The van der Waals surface area contributed by atoms with Crippen LogP contribution in [0.4, 0.5) is 5.69 Å². The lowest BCUT2D eigenvalue weighted by Crippen LogP contribution is -2.44. The van der Waals surface area contributed by atoms with E-state index in [4.69, 9.17) is 16.3 Å². The molecule has 0 unspecified atom stereocenters. The number of carbonyl (C=O) groups excluding carboxylic acids is 1. The Kier molecular flexibility index (Phi) is 3.89. The van der Waals surface area contributed by atoms with Crippen molar-refractivity contribution in [3.63, 3.8) is 0 Å². The van der Waals surface area contributed by atoms with Crippen molar-refractivity contribution < 1.29 is 9.53 Å². The van der Waals surface area contributed by atoms with Crippen LogP contribution in [-0.2, 0) is 4.79 Å². The summed E-state index contributed by atoms with van der Waals surface area (Å²) in [6, 6.07) is 7.64. The Morgan fingerprint density at radius 2 is 2.12 bits per heavy atom. The maximum Gasteiger partial charge on any atom is 0.267 e. The number of nitrogens with zero attached hydrogens (tertiary/aromatic N) is 1. The summed E-state index contributed by atoms with van der Waals surface area (Å²) in [6.07, 6.45) is 1.43. The average Bonchev–Trinajstić information content (AvgIpc) is 2.34. The molecule has 1 aromatic rings. The van der Waals surface area contributed by atoms with Crippen molar-refractivity contribution in [3.8, 4) is 5.75 Å². The van der Waals surface area contributed by atoms with E-state index in [9.17, 15) is 4.79 Å². The lowest BCUT2D eigenvalue weighted by atomic mass is 10.1. The van der Waals surface area contributed by atoms with E-state index in [1.807, 2.05) is 24.3 Å². The van der Waals surface area contributed by atoms with Gasteiger partial charge in [-0.05, 0) is 31.9 Å². The van der Waals surface area contributed by atoms with Crippen LogP contribution in [0.3, 0.4) is 0 Å². The third-order valence-corrected chi connectivity index (χ3v) is 3.11. The molecule has 0 bridgehead atoms. The smallest absolute Gasteiger partial charge is 0.267 e. The highest BCUT2D eigenvalue weighted by Gasteiger charge is 2.30. The second-order valence-electron chi connectivity index (χ2n) is 4.11. The predicted octanol–water partition coefficient (Wildman–Crippen LogP) is 2.82. The number of benzene rings is 1. The first kappa shape index (κ1) is 12.2. The summed E-state index contributed by atoms with van der Waals surface area (Å²) >= 11 is 5.66. The Hall–Kier alpha value is -1.22. The average molecular weight is 254 g/mol. The van der Waals surface area contributed by atoms with Crippen LogP contribution in [0.5, 0.6) is 5.75 Å². The Bertz CT molecular complexity index is 408. The first-order valence-electron chi connectivity index (χ1n) is 5.87. The van der Waals surface area contributed by atoms with Crippen molar-refractivity contribution in [2.24, 2.45) is 0 Å². The van der Waals surface area contributed by atoms with Crippen molar-refractivity contribution in [1.82, 2.24) is 0 Å². The summed E-state index contributed by atoms with van der Waals surface area (Å²) < 4.78 is 5.56. The molecule has 0 aliphatic carbocycles. The quantitative estimate of drug-likeness (QED) is 0.610. The van der Waals surface area contributed by atoms with Gasteiger partial charge in [0, 0.05) is 12.4 Å². The molecule has 0 N–H and O–H groups in total. The molecule has 0 spiro atoms. The fraction of sp³-hybridized carbons (Fsp3) is 0.462. The summed E-state index contributed by atoms with van der Waals surface area (Å²) in [5.74, 6) is 1.44. The molecular formula is C13H16ClNO2. The van der Waals surface area contributed by atoms with Crippen molar-refractivity contribution in [2.75, 3.05) is 17.3 Å². The van der Waals surface area contributed by atoms with E-state index in [-0.39, 0.29) is 5.91 Å². The maximum absolute atomic E-state index is 12.1. The van der Waals surface area contributed by atoms with Crippen molar-refractivity contribution in [3.05, 3.63) is 24.3 Å². The van der Waals surface area contributed by atoms with E-state index in [0.717, 1.165) is 24.3 Å². The third-order valence-electron chi connectivity index (χ3n) is 2.84. The molecule has 0 aromatic heterocycles. The van der Waals surface area contributed by atoms with Crippen LogP contribution >= 0.6 is 11.6 Å². The number of alkyl halides is 1. The number of ether oxygens (including phenoxy) is 1. The molecule has 1 heterocycles. The Labute approximate surface area is 106 Å². The van der Waals surface area contributed by atoms with E-state index in [0.29, 0.717) is 12.4 Å². The number of halogens is 1. The second kappa shape index (κ2) is 5.41. The van der Waals surface area contributed by atoms with E-state index in [2.05, 4.69) is 0 Å². The van der Waals surface area contributed by atoms with Gasteiger partial charge in [0.25, 0.3) is 5.91 Å². The number of hydrogen-bond donors (Lipinski definition) is 0. The molecule has 2 rings (SSSR count). The summed E-state index contributed by atoms with van der Waals surface area (Å²) in [7, 11) is 0. The minimum Gasteiger partial charge on any atom is -0.479 e. The first-order valence-corrected chi connectivity index (χ1v) is 6.40. The number of hydrogen-bond acceptors (Lipinski definition) is 2. The number of fused-ring (bicyclic) bond motifs is 1. The highest BCUT2D eigenvalue weighted by atomic mass is 35.5. The Balaban J connectivity index is 2.20. The van der Waals surface area contributed by atoms with Gasteiger partial charge >= 0.3 is 0 Å². The molecule has 4 heteroatoms. The van der Waals surface area contributed by atoms with Crippen LogP contribution < -0.4 is 9.64 Å². The number of unbranched alkanes of at least 4 members (excludes halogenated alkanes) is 1. The van der Waals surface area contributed by atoms with E-state index in [1.54, 1.807) is 11.8 Å². The molecule has 0 saturated carbocycles. The highest BCUT2D eigenvalue weighted by Crippen LogP contribution is 2.33. The molecule has 3 nitrogen and oxygen atoms in total. The van der Waals surface area contributed by atoms with Gasteiger partial charge < -0.3 is 9.64 Å². The van der Waals surface area contributed by atoms with Crippen molar-refractivity contribution >= 4 is 23.2 Å². The molecule has 92 valence electrons. The molecule has 0 saturated heterocycles.